The zero-order valence-corrected chi connectivity index (χ0v) is 50.3. The molecule has 0 saturated carbocycles. The molecule has 0 aromatic rings. The molecule has 0 amide bonds. The van der Waals surface area contributed by atoms with Crippen LogP contribution in [-0.4, -0.2) is 37.2 Å². The molecule has 0 aliphatic heterocycles. The molecule has 0 spiro atoms. The highest BCUT2D eigenvalue weighted by Crippen LogP contribution is 2.17. The summed E-state index contributed by atoms with van der Waals surface area (Å²) in [7, 11) is 0. The van der Waals surface area contributed by atoms with E-state index < -0.39 is 6.10 Å². The number of hydrogen-bond acceptors (Lipinski definition) is 6. The van der Waals surface area contributed by atoms with Crippen LogP contribution in [0.15, 0.2) is 85.1 Å². The van der Waals surface area contributed by atoms with Gasteiger partial charge in [-0.15, -0.1) is 0 Å². The summed E-state index contributed by atoms with van der Waals surface area (Å²) < 4.78 is 16.9. The maximum atomic E-state index is 12.9. The van der Waals surface area contributed by atoms with Gasteiger partial charge in [0.1, 0.15) is 13.2 Å². The summed E-state index contributed by atoms with van der Waals surface area (Å²) >= 11 is 0. The van der Waals surface area contributed by atoms with Gasteiger partial charge >= 0.3 is 17.9 Å². The van der Waals surface area contributed by atoms with Crippen molar-refractivity contribution in [1.29, 1.82) is 0 Å². The molecule has 0 aliphatic rings. The van der Waals surface area contributed by atoms with E-state index in [2.05, 4.69) is 106 Å². The van der Waals surface area contributed by atoms with Gasteiger partial charge in [0, 0.05) is 19.3 Å². The summed E-state index contributed by atoms with van der Waals surface area (Å²) in [5.74, 6) is -0.926. The second-order valence-electron chi connectivity index (χ2n) is 21.6. The molecule has 0 aliphatic carbocycles. The van der Waals surface area contributed by atoms with Gasteiger partial charge in [-0.05, 0) is 96.3 Å². The Hall–Kier alpha value is -3.41. The van der Waals surface area contributed by atoms with Crippen LogP contribution in [0.1, 0.15) is 323 Å². The number of unbranched alkanes of at least 4 members (excludes halogenated alkanes) is 34. The Bertz CT molecular complexity index is 1450. The SMILES string of the molecule is CC/C=C\C/C=C\C/C=C\C/C=C\C/C=C\CCCCCC(=O)OC(COC(=O)CCCCCCC/C=C\C/C=C\CCCCC)COC(=O)CCCCCCCCCCCCCCCCCCCCCCCCCC. The Kier molecular flexibility index (Phi) is 61.2. The lowest BCUT2D eigenvalue weighted by molar-refractivity contribution is -0.167. The minimum atomic E-state index is -0.800. The third-order valence-electron chi connectivity index (χ3n) is 14.1. The number of rotatable bonds is 59. The Morgan fingerprint density at radius 2 is 0.513 bits per heavy atom. The van der Waals surface area contributed by atoms with Crippen molar-refractivity contribution >= 4 is 17.9 Å². The number of allylic oxidation sites excluding steroid dienone is 14. The number of hydrogen-bond donors (Lipinski definition) is 0. The predicted octanol–water partition coefficient (Wildman–Crippen LogP) is 22.3. The van der Waals surface area contributed by atoms with Gasteiger partial charge in [0.25, 0.3) is 0 Å². The standard InChI is InChI=1S/C70H122O6/c1-4-7-10-13-16-19-22-25-28-30-32-33-34-35-36-38-39-42-45-48-51-54-57-60-63-69(72)75-66-67(65-74-68(71)62-59-56-53-50-47-44-41-27-24-21-18-15-12-9-6-3)76-70(73)64-61-58-55-52-49-46-43-40-37-31-29-26-23-20-17-14-11-8-5-2/h8,11,17-18,20-21,26-27,29,37,40-41,46,49,67H,4-7,9-10,12-16,19,22-25,28,30-36,38-39,42-45,47-48,50-66H2,1-3H3/b11-8-,20-17-,21-18-,29-26-,40-37-,41-27-,49-46-. The van der Waals surface area contributed by atoms with Gasteiger partial charge in [-0.25, -0.2) is 0 Å². The summed E-state index contributed by atoms with van der Waals surface area (Å²) in [6, 6.07) is 0. The first kappa shape index (κ1) is 72.6. The fourth-order valence-corrected chi connectivity index (χ4v) is 9.27. The molecule has 0 rings (SSSR count). The van der Waals surface area contributed by atoms with E-state index in [4.69, 9.17) is 14.2 Å². The highest BCUT2D eigenvalue weighted by atomic mass is 16.6. The van der Waals surface area contributed by atoms with Gasteiger partial charge in [-0.2, -0.15) is 0 Å². The Morgan fingerprint density at radius 3 is 0.842 bits per heavy atom. The van der Waals surface area contributed by atoms with E-state index in [0.717, 1.165) is 122 Å². The van der Waals surface area contributed by atoms with Crippen LogP contribution in [-0.2, 0) is 28.6 Å². The summed E-state index contributed by atoms with van der Waals surface area (Å²) in [6.45, 7) is 6.50. The minimum Gasteiger partial charge on any atom is -0.462 e. The molecule has 1 atom stereocenters. The Morgan fingerprint density at radius 1 is 0.276 bits per heavy atom. The van der Waals surface area contributed by atoms with Crippen molar-refractivity contribution in [2.24, 2.45) is 0 Å². The first-order chi connectivity index (χ1) is 37.5. The fraction of sp³-hybridized carbons (Fsp3) is 0.757. The van der Waals surface area contributed by atoms with Gasteiger partial charge in [0.05, 0.1) is 0 Å². The van der Waals surface area contributed by atoms with Crippen molar-refractivity contribution in [3.8, 4) is 0 Å². The van der Waals surface area contributed by atoms with Crippen molar-refractivity contribution in [1.82, 2.24) is 0 Å². The highest BCUT2D eigenvalue weighted by molar-refractivity contribution is 5.71. The lowest BCUT2D eigenvalue weighted by Crippen LogP contribution is -2.30. The molecule has 0 aromatic heterocycles. The average Bonchev–Trinajstić information content (AvgIpc) is 3.42. The van der Waals surface area contributed by atoms with Crippen LogP contribution in [0, 0.1) is 0 Å². The van der Waals surface area contributed by atoms with E-state index in [1.165, 1.54) is 161 Å². The van der Waals surface area contributed by atoms with Crippen LogP contribution in [0.5, 0.6) is 0 Å². The van der Waals surface area contributed by atoms with Crippen molar-refractivity contribution in [3.05, 3.63) is 85.1 Å². The second kappa shape index (κ2) is 64.1. The van der Waals surface area contributed by atoms with E-state index in [1.54, 1.807) is 0 Å². The normalized spacial score (nSPS) is 12.6. The van der Waals surface area contributed by atoms with E-state index in [-0.39, 0.29) is 37.5 Å². The van der Waals surface area contributed by atoms with E-state index in [0.29, 0.717) is 12.8 Å². The summed E-state index contributed by atoms with van der Waals surface area (Å²) in [6.07, 6.45) is 84.5. The lowest BCUT2D eigenvalue weighted by atomic mass is 10.0. The minimum absolute atomic E-state index is 0.0922. The number of esters is 3. The molecule has 0 bridgehead atoms. The molecular weight excluding hydrogens is 937 g/mol. The van der Waals surface area contributed by atoms with Crippen molar-refractivity contribution in [2.75, 3.05) is 13.2 Å². The zero-order valence-electron chi connectivity index (χ0n) is 50.3. The second-order valence-corrected chi connectivity index (χ2v) is 21.6. The van der Waals surface area contributed by atoms with Crippen molar-refractivity contribution in [3.63, 3.8) is 0 Å². The molecular formula is C70H122O6. The third kappa shape index (κ3) is 61.4. The van der Waals surface area contributed by atoms with Gasteiger partial charge in [0.15, 0.2) is 6.10 Å². The van der Waals surface area contributed by atoms with Crippen LogP contribution in [0.25, 0.3) is 0 Å². The van der Waals surface area contributed by atoms with Gasteiger partial charge in [0.2, 0.25) is 0 Å². The average molecular weight is 1060 g/mol. The smallest absolute Gasteiger partial charge is 0.306 e. The summed E-state index contributed by atoms with van der Waals surface area (Å²) in [5, 5.41) is 0. The number of ether oxygens (including phenoxy) is 3. The van der Waals surface area contributed by atoms with E-state index in [9.17, 15) is 14.4 Å². The molecule has 0 heterocycles. The maximum absolute atomic E-state index is 12.9. The molecule has 0 N–H and O–H groups in total. The predicted molar refractivity (Wildman–Crippen MR) is 330 cm³/mol. The quantitative estimate of drug-likeness (QED) is 0.0261. The van der Waals surface area contributed by atoms with Gasteiger partial charge < -0.3 is 14.2 Å². The number of carbonyl (C=O) groups excluding carboxylic acids is 3. The molecule has 438 valence electrons. The highest BCUT2D eigenvalue weighted by Gasteiger charge is 2.19. The summed E-state index contributed by atoms with van der Waals surface area (Å²) in [4.78, 5) is 38.3. The molecule has 1 unspecified atom stereocenters. The Labute approximate surface area is 471 Å². The van der Waals surface area contributed by atoms with Crippen LogP contribution in [0.4, 0.5) is 0 Å². The Balaban J connectivity index is 4.37. The van der Waals surface area contributed by atoms with Gasteiger partial charge in [-0.1, -0.05) is 292 Å². The van der Waals surface area contributed by atoms with Crippen LogP contribution < -0.4 is 0 Å². The molecule has 6 nitrogen and oxygen atoms in total. The molecule has 0 radical (unpaired) electrons. The van der Waals surface area contributed by atoms with Crippen LogP contribution in [0.2, 0.25) is 0 Å². The maximum Gasteiger partial charge on any atom is 0.306 e. The van der Waals surface area contributed by atoms with E-state index >= 15 is 0 Å². The molecule has 6 heteroatoms. The molecule has 76 heavy (non-hydrogen) atoms. The summed E-state index contributed by atoms with van der Waals surface area (Å²) in [5.41, 5.74) is 0. The van der Waals surface area contributed by atoms with Crippen molar-refractivity contribution in [2.45, 2.75) is 329 Å². The molecule has 0 fully saturated rings. The number of carbonyl (C=O) groups is 3. The van der Waals surface area contributed by atoms with Crippen LogP contribution in [0.3, 0.4) is 0 Å². The fourth-order valence-electron chi connectivity index (χ4n) is 9.27. The topological polar surface area (TPSA) is 78.9 Å². The molecule has 0 aromatic carbocycles. The van der Waals surface area contributed by atoms with Crippen LogP contribution >= 0.6 is 0 Å². The molecule has 0 saturated heterocycles. The van der Waals surface area contributed by atoms with Crippen molar-refractivity contribution < 1.29 is 28.6 Å². The van der Waals surface area contributed by atoms with E-state index in [1.807, 2.05) is 0 Å². The largest absolute Gasteiger partial charge is 0.462 e. The zero-order chi connectivity index (χ0) is 55.0. The first-order valence-corrected chi connectivity index (χ1v) is 32.6. The first-order valence-electron chi connectivity index (χ1n) is 32.6. The third-order valence-corrected chi connectivity index (χ3v) is 14.1. The lowest BCUT2D eigenvalue weighted by Gasteiger charge is -2.18. The monoisotopic (exact) mass is 1060 g/mol. The van der Waals surface area contributed by atoms with Gasteiger partial charge in [-0.3, -0.25) is 14.4 Å².